The van der Waals surface area contributed by atoms with Crippen molar-refractivity contribution in [3.8, 4) is 0 Å². The molecule has 1 aromatic carbocycles. The summed E-state index contributed by atoms with van der Waals surface area (Å²) in [6.07, 6.45) is 5.77. The third kappa shape index (κ3) is 3.97. The van der Waals surface area contributed by atoms with Gasteiger partial charge >= 0.3 is 0 Å². The standard InChI is InChI=1S/C19H21FN2O2/c20-16-5-1-13(2-6-16)18(14-9-11-21-12-10-14)22-19(24)15-3-7-17(23)8-4-15/h1-2,5-6,9-12,15,17-18,23H,3-4,7-8H2,(H,22,24)/t15?,17?,18-/m1/s1. The van der Waals surface area contributed by atoms with E-state index < -0.39 is 0 Å². The average molecular weight is 328 g/mol. The van der Waals surface area contributed by atoms with Crippen LogP contribution < -0.4 is 5.32 Å². The van der Waals surface area contributed by atoms with E-state index in [0.717, 1.165) is 11.1 Å². The lowest BCUT2D eigenvalue weighted by atomic mass is 9.86. The molecule has 0 bridgehead atoms. The molecule has 1 saturated carbocycles. The zero-order chi connectivity index (χ0) is 16.9. The van der Waals surface area contributed by atoms with Crippen LogP contribution in [-0.2, 0) is 4.79 Å². The topological polar surface area (TPSA) is 62.2 Å². The Morgan fingerprint density at radius 1 is 1.04 bits per heavy atom. The summed E-state index contributed by atoms with van der Waals surface area (Å²) in [5.74, 6) is -0.411. The fourth-order valence-corrected chi connectivity index (χ4v) is 3.17. The fourth-order valence-electron chi connectivity index (χ4n) is 3.17. The van der Waals surface area contributed by atoms with E-state index >= 15 is 0 Å². The molecule has 2 aromatic rings. The van der Waals surface area contributed by atoms with Crippen LogP contribution in [0.15, 0.2) is 48.8 Å². The average Bonchev–Trinajstić information content (AvgIpc) is 2.62. The molecule has 1 aromatic heterocycles. The van der Waals surface area contributed by atoms with Crippen molar-refractivity contribution in [1.29, 1.82) is 0 Å². The number of hydrogen-bond donors (Lipinski definition) is 2. The quantitative estimate of drug-likeness (QED) is 0.907. The molecular weight excluding hydrogens is 307 g/mol. The number of benzene rings is 1. The first-order valence-electron chi connectivity index (χ1n) is 8.27. The molecule has 1 aliphatic carbocycles. The normalized spacial score (nSPS) is 21.9. The van der Waals surface area contributed by atoms with Gasteiger partial charge in [-0.1, -0.05) is 12.1 Å². The molecule has 126 valence electrons. The van der Waals surface area contributed by atoms with E-state index in [0.29, 0.717) is 25.7 Å². The van der Waals surface area contributed by atoms with Gasteiger partial charge in [-0.2, -0.15) is 0 Å². The smallest absolute Gasteiger partial charge is 0.223 e. The molecule has 4 nitrogen and oxygen atoms in total. The van der Waals surface area contributed by atoms with Gasteiger partial charge in [0.15, 0.2) is 0 Å². The number of aromatic nitrogens is 1. The number of carbonyl (C=O) groups excluding carboxylic acids is 1. The summed E-state index contributed by atoms with van der Waals surface area (Å²) < 4.78 is 13.2. The molecule has 0 unspecified atom stereocenters. The van der Waals surface area contributed by atoms with E-state index in [1.807, 2.05) is 12.1 Å². The SMILES string of the molecule is O=C(N[C@@H](c1ccncc1)c1ccc(F)cc1)C1CCC(O)CC1. The summed E-state index contributed by atoms with van der Waals surface area (Å²) in [6, 6.07) is 9.52. The molecule has 5 heteroatoms. The van der Waals surface area contributed by atoms with Gasteiger partial charge in [0.2, 0.25) is 5.91 Å². The van der Waals surface area contributed by atoms with Crippen LogP contribution in [0, 0.1) is 11.7 Å². The van der Waals surface area contributed by atoms with Crippen LogP contribution in [0.2, 0.25) is 0 Å². The molecule has 1 amide bonds. The van der Waals surface area contributed by atoms with Crippen LogP contribution in [0.4, 0.5) is 4.39 Å². The summed E-state index contributed by atoms with van der Waals surface area (Å²) >= 11 is 0. The third-order valence-electron chi connectivity index (χ3n) is 4.60. The second kappa shape index (κ2) is 7.53. The molecule has 0 aliphatic heterocycles. The second-order valence-electron chi connectivity index (χ2n) is 6.28. The van der Waals surface area contributed by atoms with Gasteiger partial charge in [0.25, 0.3) is 0 Å². The highest BCUT2D eigenvalue weighted by atomic mass is 19.1. The van der Waals surface area contributed by atoms with Crippen LogP contribution in [0.1, 0.15) is 42.9 Å². The zero-order valence-corrected chi connectivity index (χ0v) is 13.4. The van der Waals surface area contributed by atoms with Crippen molar-refractivity contribution in [3.05, 3.63) is 65.7 Å². The number of rotatable bonds is 4. The first kappa shape index (κ1) is 16.6. The highest BCUT2D eigenvalue weighted by molar-refractivity contribution is 5.79. The van der Waals surface area contributed by atoms with Crippen molar-refractivity contribution in [2.24, 2.45) is 5.92 Å². The van der Waals surface area contributed by atoms with Gasteiger partial charge < -0.3 is 10.4 Å². The summed E-state index contributed by atoms with van der Waals surface area (Å²) in [6.45, 7) is 0. The molecule has 0 saturated heterocycles. The minimum atomic E-state index is -0.340. The number of carbonyl (C=O) groups is 1. The lowest BCUT2D eigenvalue weighted by Crippen LogP contribution is -2.37. The summed E-state index contributed by atoms with van der Waals surface area (Å²) in [7, 11) is 0. The third-order valence-corrected chi connectivity index (χ3v) is 4.60. The van der Waals surface area contributed by atoms with Gasteiger partial charge in [0.05, 0.1) is 12.1 Å². The molecular formula is C19H21FN2O2. The monoisotopic (exact) mass is 328 g/mol. The molecule has 0 spiro atoms. The minimum absolute atomic E-state index is 0.0203. The Morgan fingerprint density at radius 2 is 1.62 bits per heavy atom. The highest BCUT2D eigenvalue weighted by Gasteiger charge is 2.27. The van der Waals surface area contributed by atoms with Crippen LogP contribution >= 0.6 is 0 Å². The van der Waals surface area contributed by atoms with Gasteiger partial charge in [-0.15, -0.1) is 0 Å². The predicted octanol–water partition coefficient (Wildman–Crippen LogP) is 2.98. The molecule has 1 heterocycles. The lowest BCUT2D eigenvalue weighted by Gasteiger charge is -2.27. The number of amides is 1. The van der Waals surface area contributed by atoms with E-state index in [2.05, 4.69) is 10.3 Å². The van der Waals surface area contributed by atoms with Gasteiger partial charge in [0.1, 0.15) is 5.82 Å². The molecule has 1 atom stereocenters. The van der Waals surface area contributed by atoms with Crippen LogP contribution in [-0.4, -0.2) is 22.1 Å². The summed E-state index contributed by atoms with van der Waals surface area (Å²) in [5.41, 5.74) is 1.73. The lowest BCUT2D eigenvalue weighted by molar-refractivity contribution is -0.127. The van der Waals surface area contributed by atoms with Crippen molar-refractivity contribution in [2.75, 3.05) is 0 Å². The Labute approximate surface area is 140 Å². The molecule has 0 radical (unpaired) electrons. The number of nitrogens with one attached hydrogen (secondary N) is 1. The predicted molar refractivity (Wildman–Crippen MR) is 88.6 cm³/mol. The van der Waals surface area contributed by atoms with Gasteiger partial charge in [-0.25, -0.2) is 4.39 Å². The zero-order valence-electron chi connectivity index (χ0n) is 13.4. The molecule has 1 aliphatic rings. The largest absolute Gasteiger partial charge is 0.393 e. The van der Waals surface area contributed by atoms with Crippen LogP contribution in [0.5, 0.6) is 0 Å². The van der Waals surface area contributed by atoms with E-state index in [1.165, 1.54) is 12.1 Å². The number of hydrogen-bond acceptors (Lipinski definition) is 3. The van der Waals surface area contributed by atoms with Crippen molar-refractivity contribution < 1.29 is 14.3 Å². The maximum absolute atomic E-state index is 13.2. The molecule has 3 rings (SSSR count). The number of pyridine rings is 1. The summed E-state index contributed by atoms with van der Waals surface area (Å²) in [5, 5.41) is 12.7. The second-order valence-corrected chi connectivity index (χ2v) is 6.28. The molecule has 1 fully saturated rings. The van der Waals surface area contributed by atoms with Crippen molar-refractivity contribution in [1.82, 2.24) is 10.3 Å². The Balaban J connectivity index is 1.80. The Bertz CT molecular complexity index is 668. The van der Waals surface area contributed by atoms with Crippen molar-refractivity contribution >= 4 is 5.91 Å². The van der Waals surface area contributed by atoms with E-state index in [1.54, 1.807) is 24.5 Å². The Morgan fingerprint density at radius 3 is 2.25 bits per heavy atom. The van der Waals surface area contributed by atoms with Gasteiger partial charge in [0, 0.05) is 18.3 Å². The van der Waals surface area contributed by atoms with Crippen LogP contribution in [0.25, 0.3) is 0 Å². The maximum atomic E-state index is 13.2. The first-order valence-corrected chi connectivity index (χ1v) is 8.27. The number of nitrogens with zero attached hydrogens (tertiary/aromatic N) is 1. The highest BCUT2D eigenvalue weighted by Crippen LogP contribution is 2.27. The molecule has 2 N–H and O–H groups in total. The van der Waals surface area contributed by atoms with Crippen molar-refractivity contribution in [3.63, 3.8) is 0 Å². The van der Waals surface area contributed by atoms with Crippen molar-refractivity contribution in [2.45, 2.75) is 37.8 Å². The van der Waals surface area contributed by atoms with E-state index in [9.17, 15) is 14.3 Å². The first-order chi connectivity index (χ1) is 11.6. The summed E-state index contributed by atoms with van der Waals surface area (Å²) in [4.78, 5) is 16.7. The van der Waals surface area contributed by atoms with E-state index in [4.69, 9.17) is 0 Å². The van der Waals surface area contributed by atoms with Gasteiger partial charge in [-0.3, -0.25) is 9.78 Å². The van der Waals surface area contributed by atoms with E-state index in [-0.39, 0.29) is 29.8 Å². The number of aliphatic hydroxyl groups excluding tert-OH is 1. The Hall–Kier alpha value is -2.27. The number of halogens is 1. The number of aliphatic hydroxyl groups is 1. The Kier molecular flexibility index (Phi) is 5.20. The maximum Gasteiger partial charge on any atom is 0.223 e. The fraction of sp³-hybridized carbons (Fsp3) is 0.368. The minimum Gasteiger partial charge on any atom is -0.393 e. The molecule has 24 heavy (non-hydrogen) atoms. The van der Waals surface area contributed by atoms with Crippen LogP contribution in [0.3, 0.4) is 0 Å². The van der Waals surface area contributed by atoms with Gasteiger partial charge in [-0.05, 0) is 61.1 Å².